The summed E-state index contributed by atoms with van der Waals surface area (Å²) in [6, 6.07) is 39.6. The molecule has 4 amide bonds. The number of amides is 4. The molecule has 0 fully saturated rings. The van der Waals surface area contributed by atoms with Gasteiger partial charge in [0.05, 0.1) is 13.2 Å². The Kier molecular flexibility index (Phi) is 17.5. The molecular weight excluding hydrogens is 817 g/mol. The Morgan fingerprint density at radius 1 is 0.318 bits per heavy atom. The van der Waals surface area contributed by atoms with Crippen molar-refractivity contribution in [3.05, 3.63) is 120 Å². The van der Waals surface area contributed by atoms with E-state index < -0.39 is 0 Å². The topological polar surface area (TPSA) is 101 Å². The third kappa shape index (κ3) is 12.6. The normalized spacial score (nSPS) is 11.8. The molecule has 0 saturated heterocycles. The van der Waals surface area contributed by atoms with E-state index in [9.17, 15) is 9.59 Å². The average Bonchev–Trinajstić information content (AvgIpc) is 3.34. The van der Waals surface area contributed by atoms with Crippen LogP contribution in [-0.2, 0) is 22.7 Å². The van der Waals surface area contributed by atoms with Crippen LogP contribution in [0.2, 0.25) is 0 Å². The van der Waals surface area contributed by atoms with Crippen molar-refractivity contribution in [3.8, 4) is 0 Å². The summed E-state index contributed by atoms with van der Waals surface area (Å²) in [4.78, 5) is 24.4. The van der Waals surface area contributed by atoms with E-state index in [2.05, 4.69) is 130 Å². The Bertz CT molecular complexity index is 2530. The summed E-state index contributed by atoms with van der Waals surface area (Å²) in [5.74, 6) is 0. The Hall–Kier alpha value is -5.70. The average molecular weight is 887 g/mol. The molecule has 0 aliphatic rings. The number of hydrogen-bond donors (Lipinski definition) is 4. The second-order valence-electron chi connectivity index (χ2n) is 18.3. The molecule has 66 heavy (non-hydrogen) atoms. The van der Waals surface area contributed by atoms with E-state index in [1.165, 1.54) is 114 Å². The molecule has 0 bridgehead atoms. The molecule has 0 aliphatic carbocycles. The Balaban J connectivity index is 0.544. The zero-order valence-electron chi connectivity index (χ0n) is 39.0. The van der Waals surface area contributed by atoms with Crippen LogP contribution >= 0.6 is 0 Å². The van der Waals surface area contributed by atoms with Gasteiger partial charge >= 0.3 is 12.1 Å². The molecule has 8 aromatic carbocycles. The molecule has 0 radical (unpaired) electrons. The van der Waals surface area contributed by atoms with E-state index in [4.69, 9.17) is 9.47 Å². The smallest absolute Gasteiger partial charge is 0.314 e. The number of ether oxygens (including phenoxy) is 2. The predicted octanol–water partition coefficient (Wildman–Crippen LogP) is 14.1. The van der Waals surface area contributed by atoms with Crippen LogP contribution in [0.15, 0.2) is 109 Å². The highest BCUT2D eigenvalue weighted by molar-refractivity contribution is 6.24. The fourth-order valence-corrected chi connectivity index (χ4v) is 9.82. The first-order chi connectivity index (χ1) is 32.6. The highest BCUT2D eigenvalue weighted by atomic mass is 16.5. The summed E-state index contributed by atoms with van der Waals surface area (Å²) in [5, 5.41) is 27.7. The van der Waals surface area contributed by atoms with Crippen LogP contribution in [0.3, 0.4) is 0 Å². The van der Waals surface area contributed by atoms with E-state index in [1.54, 1.807) is 0 Å². The third-order valence-corrected chi connectivity index (χ3v) is 13.4. The van der Waals surface area contributed by atoms with Gasteiger partial charge in [0.25, 0.3) is 0 Å². The maximum Gasteiger partial charge on any atom is 0.314 e. The quantitative estimate of drug-likeness (QED) is 0.0278. The minimum atomic E-state index is -0.0586. The summed E-state index contributed by atoms with van der Waals surface area (Å²) < 4.78 is 12.2. The first-order valence-electron chi connectivity index (χ1n) is 25.1. The van der Waals surface area contributed by atoms with Crippen molar-refractivity contribution >= 4 is 76.7 Å². The zero-order chi connectivity index (χ0) is 45.2. The minimum absolute atomic E-state index is 0.0586. The van der Waals surface area contributed by atoms with Gasteiger partial charge < -0.3 is 30.7 Å². The molecule has 8 heteroatoms. The van der Waals surface area contributed by atoms with Crippen LogP contribution in [-0.4, -0.2) is 51.5 Å². The molecule has 0 aromatic heterocycles. The molecule has 4 N–H and O–H groups in total. The lowest BCUT2D eigenvalue weighted by molar-refractivity contribution is 0.117. The fraction of sp³-hybridized carbons (Fsp3) is 0.414. The molecule has 8 rings (SSSR count). The molecule has 0 aliphatic heterocycles. The monoisotopic (exact) mass is 887 g/mol. The number of unbranched alkanes of at least 4 members (excludes halogenated alkanes) is 13. The molecular formula is C58H70N4O4. The summed E-state index contributed by atoms with van der Waals surface area (Å²) in [5.41, 5.74) is 2.48. The van der Waals surface area contributed by atoms with Crippen LogP contribution in [0.1, 0.15) is 114 Å². The minimum Gasteiger partial charge on any atom is -0.377 e. The maximum atomic E-state index is 12.2. The van der Waals surface area contributed by atoms with E-state index in [0.29, 0.717) is 26.3 Å². The summed E-state index contributed by atoms with van der Waals surface area (Å²) in [7, 11) is 0. The number of urea groups is 2. The number of rotatable bonds is 29. The number of carbonyl (C=O) groups is 2. The van der Waals surface area contributed by atoms with Gasteiger partial charge in [0.2, 0.25) is 0 Å². The SMILES string of the molecule is O=C(NCCCCCCCCCCCCNC(=O)NCCCCCOCc1ccc2ccc3cccc4ccc1c2c34)NCCCCCOCc1ccc2ccc3cccc4ccc1c2c34. The predicted molar refractivity (Wildman–Crippen MR) is 276 cm³/mol. The molecule has 0 unspecified atom stereocenters. The van der Waals surface area contributed by atoms with E-state index in [0.717, 1.165) is 90.5 Å². The van der Waals surface area contributed by atoms with Gasteiger partial charge in [0, 0.05) is 39.4 Å². The van der Waals surface area contributed by atoms with Crippen molar-refractivity contribution in [2.75, 3.05) is 39.4 Å². The van der Waals surface area contributed by atoms with Crippen LogP contribution < -0.4 is 21.3 Å². The molecule has 0 atom stereocenters. The number of nitrogens with one attached hydrogen (secondary N) is 4. The highest BCUT2D eigenvalue weighted by Crippen LogP contribution is 2.37. The maximum absolute atomic E-state index is 12.2. The second kappa shape index (κ2) is 24.7. The van der Waals surface area contributed by atoms with Crippen LogP contribution in [0.25, 0.3) is 64.6 Å². The molecule has 0 spiro atoms. The van der Waals surface area contributed by atoms with Gasteiger partial charge in [-0.1, -0.05) is 161 Å². The van der Waals surface area contributed by atoms with Crippen molar-refractivity contribution in [2.24, 2.45) is 0 Å². The van der Waals surface area contributed by atoms with Crippen LogP contribution in [0.5, 0.6) is 0 Å². The zero-order valence-corrected chi connectivity index (χ0v) is 39.0. The van der Waals surface area contributed by atoms with Crippen LogP contribution in [0.4, 0.5) is 9.59 Å². The van der Waals surface area contributed by atoms with Crippen molar-refractivity contribution in [1.82, 2.24) is 21.3 Å². The lowest BCUT2D eigenvalue weighted by atomic mass is 9.92. The molecule has 0 saturated carbocycles. The lowest BCUT2D eigenvalue weighted by Gasteiger charge is -2.14. The summed E-state index contributed by atoms with van der Waals surface area (Å²) in [6.45, 7) is 5.52. The largest absolute Gasteiger partial charge is 0.377 e. The fourth-order valence-electron chi connectivity index (χ4n) is 9.82. The van der Waals surface area contributed by atoms with Crippen molar-refractivity contribution in [3.63, 3.8) is 0 Å². The molecule has 8 aromatic rings. The van der Waals surface area contributed by atoms with E-state index in [-0.39, 0.29) is 12.1 Å². The molecule has 346 valence electrons. The van der Waals surface area contributed by atoms with Gasteiger partial charge in [0.15, 0.2) is 0 Å². The van der Waals surface area contributed by atoms with Gasteiger partial charge in [0.1, 0.15) is 0 Å². The first-order valence-corrected chi connectivity index (χ1v) is 25.1. The highest BCUT2D eigenvalue weighted by Gasteiger charge is 2.13. The molecule has 8 nitrogen and oxygen atoms in total. The Labute approximate surface area is 391 Å². The van der Waals surface area contributed by atoms with Crippen molar-refractivity contribution in [2.45, 2.75) is 116 Å². The van der Waals surface area contributed by atoms with Gasteiger partial charge in [-0.15, -0.1) is 0 Å². The first kappa shape index (κ1) is 46.8. The molecule has 0 heterocycles. The number of hydrogen-bond acceptors (Lipinski definition) is 4. The van der Waals surface area contributed by atoms with Gasteiger partial charge in [-0.3, -0.25) is 0 Å². The Morgan fingerprint density at radius 3 is 0.970 bits per heavy atom. The van der Waals surface area contributed by atoms with Crippen molar-refractivity contribution < 1.29 is 19.1 Å². The summed E-state index contributed by atoms with van der Waals surface area (Å²) in [6.07, 6.45) is 17.8. The lowest BCUT2D eigenvalue weighted by Crippen LogP contribution is -2.36. The van der Waals surface area contributed by atoms with Crippen molar-refractivity contribution in [1.29, 1.82) is 0 Å². The van der Waals surface area contributed by atoms with Gasteiger partial charge in [-0.25, -0.2) is 9.59 Å². The summed E-state index contributed by atoms with van der Waals surface area (Å²) >= 11 is 0. The second-order valence-corrected chi connectivity index (χ2v) is 18.3. The van der Waals surface area contributed by atoms with E-state index in [1.807, 2.05) is 0 Å². The third-order valence-electron chi connectivity index (χ3n) is 13.4. The van der Waals surface area contributed by atoms with Crippen LogP contribution in [0, 0.1) is 0 Å². The Morgan fingerprint density at radius 2 is 0.606 bits per heavy atom. The van der Waals surface area contributed by atoms with Gasteiger partial charge in [-0.05, 0) is 127 Å². The number of carbonyl (C=O) groups excluding carboxylic acids is 2. The number of benzene rings is 8. The van der Waals surface area contributed by atoms with E-state index >= 15 is 0 Å². The van der Waals surface area contributed by atoms with Gasteiger partial charge in [-0.2, -0.15) is 0 Å². The standard InChI is InChI=1S/C58H70N4O4/c63-57(61-37-13-9-15-39-65-41-49-29-27-47-25-23-43-19-17-21-45-31-33-51(49)55(47)53(43)45)59-35-11-7-5-3-1-2-4-6-8-12-36-60-58(64)62-38-14-10-16-40-66-42-50-30-28-48-26-24-44-20-18-22-46-32-34-52(50)56(48)54(44)46/h17-34H,1-16,35-42H2,(H2,59,61,63)(H2,60,62,64).